The number of carbonyl (C=O) groups excluding carboxylic acids is 2. The quantitative estimate of drug-likeness (QED) is 0.297. The lowest BCUT2D eigenvalue weighted by Gasteiger charge is -2.34. The molecule has 1 unspecified atom stereocenters. The number of aryl methyl sites for hydroxylation is 2. The smallest absolute Gasteiger partial charge is 0.244 e. The summed E-state index contributed by atoms with van der Waals surface area (Å²) in [4.78, 5) is 29.3. The molecule has 1 N–H and O–H groups in total. The number of carbonyl (C=O) groups is 2. The predicted octanol–water partition coefficient (Wildman–Crippen LogP) is 5.24. The fourth-order valence-electron chi connectivity index (χ4n) is 4.49. The first-order valence-corrected chi connectivity index (χ1v) is 15.9. The van der Waals surface area contributed by atoms with Crippen molar-refractivity contribution < 1.29 is 18.0 Å². The number of nitrogens with one attached hydrogen (secondary N) is 1. The maximum atomic E-state index is 14.1. The molecule has 0 saturated carbocycles. The average Bonchev–Trinajstić information content (AvgIpc) is 2.88. The van der Waals surface area contributed by atoms with Gasteiger partial charge in [-0.2, -0.15) is 0 Å². The maximum Gasteiger partial charge on any atom is 0.244 e. The van der Waals surface area contributed by atoms with Gasteiger partial charge in [0.25, 0.3) is 0 Å². The Balaban J connectivity index is 2.07. The van der Waals surface area contributed by atoms with E-state index in [0.717, 1.165) is 37.3 Å². The minimum absolute atomic E-state index is 0.134. The van der Waals surface area contributed by atoms with Crippen molar-refractivity contribution in [1.82, 2.24) is 10.2 Å². The molecule has 0 aliphatic heterocycles. The topological polar surface area (TPSA) is 86.8 Å². The molecular weight excluding hydrogens is 590 g/mol. The Bertz CT molecular complexity index is 1430. The Morgan fingerprint density at radius 3 is 2.20 bits per heavy atom. The number of hydrogen-bond donors (Lipinski definition) is 1. The number of halogens is 1. The van der Waals surface area contributed by atoms with Crippen molar-refractivity contribution in [3.05, 3.63) is 99.5 Å². The largest absolute Gasteiger partial charge is 0.354 e. The molecule has 2 amide bonds. The van der Waals surface area contributed by atoms with E-state index >= 15 is 0 Å². The monoisotopic (exact) mass is 627 g/mol. The van der Waals surface area contributed by atoms with E-state index in [9.17, 15) is 18.0 Å². The Morgan fingerprint density at radius 2 is 1.60 bits per heavy atom. The van der Waals surface area contributed by atoms with Crippen LogP contribution in [0.2, 0.25) is 0 Å². The fraction of sp³-hybridized carbons (Fsp3) is 0.355. The number of sulfonamides is 1. The van der Waals surface area contributed by atoms with E-state index in [1.165, 1.54) is 4.90 Å². The summed E-state index contributed by atoms with van der Waals surface area (Å²) in [5.74, 6) is -0.523. The van der Waals surface area contributed by atoms with Gasteiger partial charge in [0.1, 0.15) is 12.6 Å². The molecule has 0 heterocycles. The van der Waals surface area contributed by atoms with Gasteiger partial charge in [-0.15, -0.1) is 0 Å². The lowest BCUT2D eigenvalue weighted by Crippen LogP contribution is -2.53. The molecule has 0 saturated heterocycles. The van der Waals surface area contributed by atoms with Gasteiger partial charge >= 0.3 is 0 Å². The van der Waals surface area contributed by atoms with Crippen molar-refractivity contribution in [3.63, 3.8) is 0 Å². The number of benzene rings is 3. The highest BCUT2D eigenvalue weighted by atomic mass is 79.9. The molecule has 214 valence electrons. The second kappa shape index (κ2) is 13.9. The van der Waals surface area contributed by atoms with Gasteiger partial charge in [-0.1, -0.05) is 89.9 Å². The van der Waals surface area contributed by atoms with E-state index in [0.29, 0.717) is 12.2 Å². The number of anilines is 1. The lowest BCUT2D eigenvalue weighted by molar-refractivity contribution is -0.140. The highest BCUT2D eigenvalue weighted by Gasteiger charge is 2.33. The maximum absolute atomic E-state index is 14.1. The molecule has 3 aromatic carbocycles. The predicted molar refractivity (Wildman–Crippen MR) is 165 cm³/mol. The van der Waals surface area contributed by atoms with Crippen molar-refractivity contribution in [2.45, 2.75) is 46.7 Å². The first-order chi connectivity index (χ1) is 18.8. The third kappa shape index (κ3) is 8.93. The Labute approximate surface area is 246 Å². The van der Waals surface area contributed by atoms with Crippen molar-refractivity contribution in [3.8, 4) is 0 Å². The van der Waals surface area contributed by atoms with Gasteiger partial charge in [-0.05, 0) is 54.7 Å². The summed E-state index contributed by atoms with van der Waals surface area (Å²) >= 11 is 3.49. The summed E-state index contributed by atoms with van der Waals surface area (Å²) in [5.41, 5.74) is 3.88. The molecule has 0 aliphatic rings. The van der Waals surface area contributed by atoms with Gasteiger partial charge in [-0.25, -0.2) is 8.42 Å². The number of nitrogens with zero attached hydrogens (tertiary/aromatic N) is 2. The van der Waals surface area contributed by atoms with E-state index in [-0.39, 0.29) is 24.8 Å². The van der Waals surface area contributed by atoms with Crippen LogP contribution in [0, 0.1) is 19.8 Å². The zero-order valence-electron chi connectivity index (χ0n) is 23.7. The molecule has 40 heavy (non-hydrogen) atoms. The summed E-state index contributed by atoms with van der Waals surface area (Å²) < 4.78 is 27.9. The minimum atomic E-state index is -3.81. The van der Waals surface area contributed by atoms with E-state index in [1.54, 1.807) is 6.07 Å². The summed E-state index contributed by atoms with van der Waals surface area (Å²) in [7, 11) is -3.81. The third-order valence-electron chi connectivity index (χ3n) is 6.50. The van der Waals surface area contributed by atoms with Crippen molar-refractivity contribution in [2.24, 2.45) is 5.92 Å². The van der Waals surface area contributed by atoms with Crippen LogP contribution in [0.3, 0.4) is 0 Å². The lowest BCUT2D eigenvalue weighted by atomic mass is 10.0. The zero-order chi connectivity index (χ0) is 29.4. The van der Waals surface area contributed by atoms with Gasteiger partial charge in [0, 0.05) is 24.0 Å². The molecular formula is C31H38BrN3O4S. The second-order valence-corrected chi connectivity index (χ2v) is 13.4. The normalized spacial score (nSPS) is 12.2. The average molecular weight is 629 g/mol. The molecule has 0 aliphatic carbocycles. The molecule has 0 bridgehead atoms. The van der Waals surface area contributed by atoms with Crippen LogP contribution < -0.4 is 9.62 Å². The molecule has 0 spiro atoms. The summed E-state index contributed by atoms with van der Waals surface area (Å²) in [6.07, 6.45) is 1.38. The molecule has 3 rings (SSSR count). The Kier molecular flexibility index (Phi) is 10.9. The van der Waals surface area contributed by atoms with Crippen LogP contribution >= 0.6 is 15.9 Å². The summed E-state index contributed by atoms with van der Waals surface area (Å²) in [6, 6.07) is 21.6. The van der Waals surface area contributed by atoms with Crippen LogP contribution in [0.4, 0.5) is 5.69 Å². The van der Waals surface area contributed by atoms with Crippen molar-refractivity contribution in [2.75, 3.05) is 23.7 Å². The standard InChI is InChI=1S/C31H38BrN3O4S/c1-22(2)19-33-31(37)29(18-25-10-7-6-8-11-25)34(20-26-12-9-13-27(32)17-26)30(36)21-35(40(5,38)39)28-15-14-23(3)16-24(28)4/h6-17,22,29H,18-21H2,1-5H3,(H,33,37). The van der Waals surface area contributed by atoms with Gasteiger partial charge in [0.05, 0.1) is 11.9 Å². The van der Waals surface area contributed by atoms with E-state index in [2.05, 4.69) is 21.2 Å². The molecule has 0 fully saturated rings. The van der Waals surface area contributed by atoms with Crippen molar-refractivity contribution >= 4 is 43.5 Å². The second-order valence-electron chi connectivity index (χ2n) is 10.6. The van der Waals surface area contributed by atoms with Crippen LogP contribution in [0.5, 0.6) is 0 Å². The molecule has 0 aromatic heterocycles. The van der Waals surface area contributed by atoms with E-state index in [4.69, 9.17) is 0 Å². The number of hydrogen-bond acceptors (Lipinski definition) is 4. The Morgan fingerprint density at radius 1 is 0.925 bits per heavy atom. The number of rotatable bonds is 12. The first-order valence-electron chi connectivity index (χ1n) is 13.3. The van der Waals surface area contributed by atoms with Crippen molar-refractivity contribution in [1.29, 1.82) is 0 Å². The molecule has 7 nitrogen and oxygen atoms in total. The molecule has 3 aromatic rings. The van der Waals surface area contributed by atoms with Gasteiger partial charge in [0.2, 0.25) is 21.8 Å². The van der Waals surface area contributed by atoms with Gasteiger partial charge in [-0.3, -0.25) is 13.9 Å². The number of amides is 2. The molecule has 0 radical (unpaired) electrons. The molecule has 1 atom stereocenters. The van der Waals surface area contributed by atoms with E-state index < -0.39 is 28.5 Å². The highest BCUT2D eigenvalue weighted by Crippen LogP contribution is 2.25. The van der Waals surface area contributed by atoms with Crippen LogP contribution in [0.1, 0.15) is 36.1 Å². The highest BCUT2D eigenvalue weighted by molar-refractivity contribution is 9.10. The summed E-state index contributed by atoms with van der Waals surface area (Å²) in [6.45, 7) is 7.92. The first kappa shape index (κ1) is 31.4. The van der Waals surface area contributed by atoms with Crippen LogP contribution in [-0.2, 0) is 32.6 Å². The van der Waals surface area contributed by atoms with Gasteiger partial charge < -0.3 is 10.2 Å². The van der Waals surface area contributed by atoms with Crippen LogP contribution in [0.25, 0.3) is 0 Å². The SMILES string of the molecule is Cc1ccc(N(CC(=O)N(Cc2cccc(Br)c2)C(Cc2ccccc2)C(=O)NCC(C)C)S(C)(=O)=O)c(C)c1. The van der Waals surface area contributed by atoms with Crippen LogP contribution in [-0.4, -0.2) is 50.5 Å². The zero-order valence-corrected chi connectivity index (χ0v) is 26.1. The molecule has 9 heteroatoms. The van der Waals surface area contributed by atoms with E-state index in [1.807, 2.05) is 94.4 Å². The summed E-state index contributed by atoms with van der Waals surface area (Å²) in [5, 5.41) is 2.99. The fourth-order valence-corrected chi connectivity index (χ4v) is 5.84. The van der Waals surface area contributed by atoms with Crippen LogP contribution in [0.15, 0.2) is 77.3 Å². The van der Waals surface area contributed by atoms with Gasteiger partial charge in [0.15, 0.2) is 0 Å². The third-order valence-corrected chi connectivity index (χ3v) is 8.12. The Hall–Kier alpha value is -3.17. The minimum Gasteiger partial charge on any atom is -0.354 e.